The minimum Gasteiger partial charge on any atom is -0.495 e. The van der Waals surface area contributed by atoms with Crippen molar-refractivity contribution in [1.29, 1.82) is 0 Å². The number of ether oxygens (including phenoxy) is 1. The highest BCUT2D eigenvalue weighted by Gasteiger charge is 2.27. The second-order valence-electron chi connectivity index (χ2n) is 9.10. The van der Waals surface area contributed by atoms with Crippen molar-refractivity contribution < 1.29 is 4.74 Å². The highest BCUT2D eigenvalue weighted by molar-refractivity contribution is 7.15. The van der Waals surface area contributed by atoms with Gasteiger partial charge in [-0.25, -0.2) is 4.98 Å². The molecule has 0 radical (unpaired) electrons. The van der Waals surface area contributed by atoms with Gasteiger partial charge in [-0.3, -0.25) is 4.98 Å². The van der Waals surface area contributed by atoms with E-state index in [0.717, 1.165) is 24.1 Å². The summed E-state index contributed by atoms with van der Waals surface area (Å²) in [5.41, 5.74) is 4.90. The minimum absolute atomic E-state index is 0.580. The lowest BCUT2D eigenvalue weighted by molar-refractivity contribution is 0.334. The molecule has 0 atom stereocenters. The molecule has 0 saturated heterocycles. The lowest BCUT2D eigenvalue weighted by Gasteiger charge is -2.29. The van der Waals surface area contributed by atoms with Crippen LogP contribution >= 0.6 is 11.3 Å². The molecule has 4 nitrogen and oxygen atoms in total. The quantitative estimate of drug-likeness (QED) is 0.446. The Morgan fingerprint density at radius 2 is 1.81 bits per heavy atom. The Kier molecular flexibility index (Phi) is 5.95. The highest BCUT2D eigenvalue weighted by Crippen LogP contribution is 2.43. The second kappa shape index (κ2) is 8.99. The molecule has 0 bridgehead atoms. The number of methoxy groups -OCH3 is 1. The molecule has 5 heteroatoms. The SMILES string of the molecule is COc1cnc([C@H]2CC[C@H](CNc3cccc(-c4cnc(C5CC5)s4)c3)CC2)cc1C. The van der Waals surface area contributed by atoms with Gasteiger partial charge >= 0.3 is 0 Å². The molecular formula is C26H31N3OS. The third-order valence-electron chi connectivity index (χ3n) is 6.76. The van der Waals surface area contributed by atoms with Gasteiger partial charge in [-0.15, -0.1) is 11.3 Å². The maximum absolute atomic E-state index is 5.36. The number of nitrogens with one attached hydrogen (secondary N) is 1. The fraction of sp³-hybridized carbons (Fsp3) is 0.462. The monoisotopic (exact) mass is 433 g/mol. The van der Waals surface area contributed by atoms with Crippen LogP contribution in [0.1, 0.15) is 66.6 Å². The molecule has 0 spiro atoms. The van der Waals surface area contributed by atoms with Gasteiger partial charge < -0.3 is 10.1 Å². The zero-order chi connectivity index (χ0) is 21.2. The van der Waals surface area contributed by atoms with E-state index in [4.69, 9.17) is 4.74 Å². The van der Waals surface area contributed by atoms with Gasteiger partial charge in [0.15, 0.2) is 0 Å². The molecule has 1 aromatic carbocycles. The smallest absolute Gasteiger partial charge is 0.140 e. The lowest BCUT2D eigenvalue weighted by atomic mass is 9.80. The molecule has 1 N–H and O–H groups in total. The van der Waals surface area contributed by atoms with Crippen LogP contribution in [-0.2, 0) is 0 Å². The fourth-order valence-corrected chi connectivity index (χ4v) is 5.73. The zero-order valence-corrected chi connectivity index (χ0v) is 19.3. The predicted octanol–water partition coefficient (Wildman–Crippen LogP) is 6.79. The van der Waals surface area contributed by atoms with Crippen molar-refractivity contribution in [1.82, 2.24) is 9.97 Å². The van der Waals surface area contributed by atoms with E-state index < -0.39 is 0 Å². The molecule has 0 aliphatic heterocycles. The molecule has 2 aliphatic rings. The van der Waals surface area contributed by atoms with Crippen LogP contribution in [0.25, 0.3) is 10.4 Å². The van der Waals surface area contributed by atoms with Gasteiger partial charge in [0.05, 0.1) is 23.2 Å². The van der Waals surface area contributed by atoms with Crippen LogP contribution in [0.4, 0.5) is 5.69 Å². The number of anilines is 1. The largest absolute Gasteiger partial charge is 0.495 e. The minimum atomic E-state index is 0.580. The number of aryl methyl sites for hydroxylation is 1. The Morgan fingerprint density at radius 1 is 1.00 bits per heavy atom. The molecule has 162 valence electrons. The van der Waals surface area contributed by atoms with Gasteiger partial charge in [0, 0.05) is 36.0 Å². The standard InChI is InChI=1S/C26H31N3OS/c1-17-12-23(28-15-24(17)30-2)19-8-6-18(7-9-19)14-27-22-5-3-4-21(13-22)25-16-29-26(31-25)20-10-11-20/h3-5,12-13,15-16,18-20,27H,6-11,14H2,1-2H3/t18-,19-. The summed E-state index contributed by atoms with van der Waals surface area (Å²) in [5, 5.41) is 5.01. The lowest BCUT2D eigenvalue weighted by Crippen LogP contribution is -2.21. The van der Waals surface area contributed by atoms with Crippen LogP contribution < -0.4 is 10.1 Å². The highest BCUT2D eigenvalue weighted by atomic mass is 32.1. The molecule has 0 amide bonds. The molecule has 2 saturated carbocycles. The van der Waals surface area contributed by atoms with Crippen LogP contribution in [0.5, 0.6) is 5.75 Å². The summed E-state index contributed by atoms with van der Waals surface area (Å²) in [7, 11) is 1.71. The van der Waals surface area contributed by atoms with Crippen LogP contribution in [0.2, 0.25) is 0 Å². The number of hydrogen-bond acceptors (Lipinski definition) is 5. The Hall–Kier alpha value is -2.40. The van der Waals surface area contributed by atoms with Gasteiger partial charge in [0.2, 0.25) is 0 Å². The van der Waals surface area contributed by atoms with Crippen LogP contribution in [0.3, 0.4) is 0 Å². The summed E-state index contributed by atoms with van der Waals surface area (Å²) in [5.74, 6) is 2.92. The van der Waals surface area contributed by atoms with E-state index >= 15 is 0 Å². The van der Waals surface area contributed by atoms with Crippen molar-refractivity contribution in [3.8, 4) is 16.2 Å². The first-order valence-corrected chi connectivity index (χ1v) is 12.3. The molecule has 5 rings (SSSR count). The van der Waals surface area contributed by atoms with Crippen LogP contribution in [-0.4, -0.2) is 23.6 Å². The Morgan fingerprint density at radius 3 is 2.55 bits per heavy atom. The molecular weight excluding hydrogens is 402 g/mol. The van der Waals surface area contributed by atoms with Gasteiger partial charge in [-0.05, 0) is 80.7 Å². The van der Waals surface area contributed by atoms with Crippen molar-refractivity contribution in [2.45, 2.75) is 57.3 Å². The fourth-order valence-electron chi connectivity index (χ4n) is 4.65. The summed E-state index contributed by atoms with van der Waals surface area (Å²) in [6, 6.07) is 11.0. The first kappa shape index (κ1) is 20.5. The van der Waals surface area contributed by atoms with E-state index in [2.05, 4.69) is 52.5 Å². The molecule has 0 unspecified atom stereocenters. The molecule has 3 aromatic rings. The summed E-state index contributed by atoms with van der Waals surface area (Å²) >= 11 is 1.86. The van der Waals surface area contributed by atoms with Crippen LogP contribution in [0.15, 0.2) is 42.7 Å². The molecule has 2 aliphatic carbocycles. The zero-order valence-electron chi connectivity index (χ0n) is 18.4. The molecule has 31 heavy (non-hydrogen) atoms. The molecule has 2 aromatic heterocycles. The number of rotatable bonds is 7. The first-order chi connectivity index (χ1) is 15.2. The van der Waals surface area contributed by atoms with Crippen molar-refractivity contribution in [2.24, 2.45) is 5.92 Å². The van der Waals surface area contributed by atoms with Gasteiger partial charge in [0.1, 0.15) is 5.75 Å². The van der Waals surface area contributed by atoms with E-state index in [0.29, 0.717) is 5.92 Å². The van der Waals surface area contributed by atoms with Crippen molar-refractivity contribution >= 4 is 17.0 Å². The summed E-state index contributed by atoms with van der Waals surface area (Å²) < 4.78 is 5.36. The summed E-state index contributed by atoms with van der Waals surface area (Å²) in [4.78, 5) is 10.6. The van der Waals surface area contributed by atoms with E-state index in [1.807, 2.05) is 23.7 Å². The Labute approximate surface area is 189 Å². The van der Waals surface area contributed by atoms with Crippen molar-refractivity contribution in [3.05, 3.63) is 59.0 Å². The third-order valence-corrected chi connectivity index (χ3v) is 7.97. The second-order valence-corrected chi connectivity index (χ2v) is 10.2. The molecule has 2 heterocycles. The number of nitrogens with zero attached hydrogens (tertiary/aromatic N) is 2. The number of aromatic nitrogens is 2. The maximum atomic E-state index is 5.36. The Balaban J connectivity index is 1.15. The maximum Gasteiger partial charge on any atom is 0.140 e. The number of hydrogen-bond donors (Lipinski definition) is 1. The number of thiazole rings is 1. The summed E-state index contributed by atoms with van der Waals surface area (Å²) in [6.07, 6.45) is 11.5. The number of pyridine rings is 1. The predicted molar refractivity (Wildman–Crippen MR) is 128 cm³/mol. The van der Waals surface area contributed by atoms with E-state index in [9.17, 15) is 0 Å². The third kappa shape index (κ3) is 4.77. The van der Waals surface area contributed by atoms with Crippen molar-refractivity contribution in [3.63, 3.8) is 0 Å². The van der Waals surface area contributed by atoms with Gasteiger partial charge in [-0.2, -0.15) is 0 Å². The van der Waals surface area contributed by atoms with Gasteiger partial charge in [0.25, 0.3) is 0 Å². The Bertz CT molecular complexity index is 1030. The topological polar surface area (TPSA) is 47.0 Å². The van der Waals surface area contributed by atoms with Crippen LogP contribution in [0, 0.1) is 12.8 Å². The summed E-state index contributed by atoms with van der Waals surface area (Å²) in [6.45, 7) is 3.15. The average Bonchev–Trinajstić information content (AvgIpc) is 3.54. The van der Waals surface area contributed by atoms with Gasteiger partial charge in [-0.1, -0.05) is 12.1 Å². The normalized spacial score (nSPS) is 21.1. The van der Waals surface area contributed by atoms with E-state index in [1.54, 1.807) is 7.11 Å². The first-order valence-electron chi connectivity index (χ1n) is 11.5. The number of benzene rings is 1. The average molecular weight is 434 g/mol. The molecule has 2 fully saturated rings. The van der Waals surface area contributed by atoms with Crippen molar-refractivity contribution in [2.75, 3.05) is 19.0 Å². The van der Waals surface area contributed by atoms with E-state index in [-0.39, 0.29) is 0 Å². The van der Waals surface area contributed by atoms with E-state index in [1.165, 1.54) is 70.9 Å².